The number of amides is 3. The van der Waals surface area contributed by atoms with Gasteiger partial charge in [-0.2, -0.15) is 5.10 Å². The number of phenols is 2. The smallest absolute Gasteiger partial charge is 0.408 e. The van der Waals surface area contributed by atoms with Gasteiger partial charge in [-0.3, -0.25) is 28.9 Å². The highest BCUT2D eigenvalue weighted by molar-refractivity contribution is 6.31. The lowest BCUT2D eigenvalue weighted by molar-refractivity contribution is -0.346. The topological polar surface area (TPSA) is 581 Å². The van der Waals surface area contributed by atoms with E-state index in [1.807, 2.05) is 24.3 Å². The van der Waals surface area contributed by atoms with Gasteiger partial charge in [0.15, 0.2) is 47.4 Å². The van der Waals surface area contributed by atoms with Crippen molar-refractivity contribution < 1.29 is 142 Å². The van der Waals surface area contributed by atoms with Crippen LogP contribution in [0.4, 0.5) is 21.1 Å². The number of anilines is 2. The molecule has 38 nitrogen and oxygen atoms in total. The number of carbonyl (C=O) groups excluding carboxylic acids is 9. The van der Waals surface area contributed by atoms with Crippen molar-refractivity contribution in [2.45, 2.75) is 267 Å². The number of nitrogen functional groups attached to an aromatic ring is 1. The molecule has 7 aromatic rings. The van der Waals surface area contributed by atoms with E-state index >= 15 is 0 Å². The van der Waals surface area contributed by atoms with Gasteiger partial charge < -0.3 is 131 Å². The molecular formula is C98H123N9O29. The summed E-state index contributed by atoms with van der Waals surface area (Å²) < 4.78 is 54.4. The number of phenolic OH excluding ortho intramolecular Hbond substituents is 2. The molecule has 38 heteroatoms. The Labute approximate surface area is 784 Å². The van der Waals surface area contributed by atoms with Crippen LogP contribution in [0.25, 0.3) is 10.9 Å². The van der Waals surface area contributed by atoms with Gasteiger partial charge in [0.05, 0.1) is 89.5 Å². The van der Waals surface area contributed by atoms with Crippen molar-refractivity contribution in [3.8, 4) is 17.2 Å². The fraction of sp³-hybridized carbons (Fsp3) is 0.520. The lowest BCUT2D eigenvalue weighted by Crippen LogP contribution is -2.81. The first-order chi connectivity index (χ1) is 63.9. The number of Topliss-reactive ketones (excluding diaryl/α,β-unsaturated/α-hetero) is 2. The molecule has 8 aliphatic rings. The number of ketones is 4. The molecule has 0 spiro atoms. The largest absolute Gasteiger partial charge is 0.507 e. The summed E-state index contributed by atoms with van der Waals surface area (Å²) in [5.41, 5.74) is 2.84. The molecule has 21 atom stereocenters. The average molecular weight is 1890 g/mol. The summed E-state index contributed by atoms with van der Waals surface area (Å²) in [7, 11) is 1.32. The monoisotopic (exact) mass is 1890 g/mol. The second-order valence-electron chi connectivity index (χ2n) is 39.2. The van der Waals surface area contributed by atoms with Gasteiger partial charge in [-0.05, 0) is 126 Å². The Hall–Kier alpha value is -11.3. The molecule has 2 bridgehead atoms. The Morgan fingerprint density at radius 1 is 0.787 bits per heavy atom. The molecule has 3 aliphatic heterocycles. The van der Waals surface area contributed by atoms with Gasteiger partial charge in [0, 0.05) is 110 Å². The van der Waals surface area contributed by atoms with E-state index < -0.39 is 233 Å². The minimum absolute atomic E-state index is 0.0173. The maximum absolute atomic E-state index is 14.9. The highest BCUT2D eigenvalue weighted by Gasteiger charge is 2.78. The van der Waals surface area contributed by atoms with Crippen molar-refractivity contribution in [3.63, 3.8) is 0 Å². The summed E-state index contributed by atoms with van der Waals surface area (Å²) >= 11 is 0. The lowest BCUT2D eigenvalue weighted by atomic mass is 9.44. The summed E-state index contributed by atoms with van der Waals surface area (Å²) in [6.07, 6.45) is -16.1. The van der Waals surface area contributed by atoms with Crippen LogP contribution in [-0.2, 0) is 68.9 Å². The van der Waals surface area contributed by atoms with Crippen LogP contribution in [-0.4, -0.2) is 277 Å². The second kappa shape index (κ2) is 39.7. The fourth-order valence-electron chi connectivity index (χ4n) is 20.2. The number of aromatic nitrogens is 3. The normalized spacial score (nSPS) is 29.1. The Morgan fingerprint density at radius 3 is 2.06 bits per heavy atom. The van der Waals surface area contributed by atoms with E-state index in [1.54, 1.807) is 113 Å². The quantitative estimate of drug-likeness (QED) is 0.0120. The maximum atomic E-state index is 14.9. The molecule has 2 aromatic heterocycles. The lowest BCUT2D eigenvalue weighted by Gasteiger charge is -2.67. The Bertz CT molecular complexity index is 5690. The molecule has 5 aromatic carbocycles. The third-order valence-corrected chi connectivity index (χ3v) is 27.6. The minimum Gasteiger partial charge on any atom is -0.507 e. The van der Waals surface area contributed by atoms with Gasteiger partial charge in [0.25, 0.3) is 0 Å². The number of hydrogen-bond donors (Lipinski definition) is 16. The highest BCUT2D eigenvalue weighted by Crippen LogP contribution is 2.65. The minimum atomic E-state index is -2.35. The molecule has 15 rings (SSSR count). The SMILES string of the molecule is CC(=O)O[C@@]12CO[C@@H]1C[C@H](O)[C@@]1(C)C(=O)[C@H](O)C3=C(C)[C@@H](OC(=O)[C@H](O)[C@@H](NC(=O)OC(C)(C)C)c4ccccc4)C[C@@](O)([C@@H](OC(=O)c4ccccc4)[C@H]21)C3(C)C.CC(C)N(CCCNC(=O)Nc1ccc(C(C)(C)C)cc1)C[C@H]1O[C@@H](n2ccc3c(N)nncc32)[C@H](O)[C@@H]1O.COc1cccc2c1C(=O)c1c(O)c3c(c(O)c1C2=O)C[C@@](O)(C(=O)CO)C[C@@H]3O[C@H]1C[C@H](N)[C@H](O)[C@H](C)O1. The van der Waals surface area contributed by atoms with Crippen molar-refractivity contribution in [3.05, 3.63) is 183 Å². The number of hydrogen-bond acceptors (Lipinski definition) is 34. The number of urea groups is 1. The zero-order chi connectivity index (χ0) is 99.5. The molecule has 0 unspecified atom stereocenters. The number of ether oxygens (including phenoxy) is 9. The van der Waals surface area contributed by atoms with E-state index in [4.69, 9.17) is 54.1 Å². The molecule has 136 heavy (non-hydrogen) atoms. The zero-order valence-electron chi connectivity index (χ0n) is 78.4. The van der Waals surface area contributed by atoms with Crippen LogP contribution < -0.4 is 32.2 Å². The van der Waals surface area contributed by atoms with Crippen LogP contribution in [0, 0.1) is 16.7 Å². The first kappa shape index (κ1) is 102. The number of aliphatic hydroxyl groups is 9. The molecule has 0 radical (unpaired) electrons. The number of fused-ring (bicyclic) bond motifs is 9. The van der Waals surface area contributed by atoms with Crippen LogP contribution in [0.15, 0.2) is 133 Å². The van der Waals surface area contributed by atoms with Gasteiger partial charge in [-0.25, -0.2) is 19.2 Å². The number of carbonyl (C=O) groups is 9. The number of aliphatic hydroxyl groups excluding tert-OH is 7. The summed E-state index contributed by atoms with van der Waals surface area (Å²) in [5.74, 6) is -8.84. The molecule has 5 heterocycles. The number of esters is 3. The molecular weight excluding hydrogens is 1770 g/mol. The third-order valence-electron chi connectivity index (χ3n) is 27.6. The van der Waals surface area contributed by atoms with E-state index in [1.165, 1.54) is 56.9 Å². The van der Waals surface area contributed by atoms with Crippen molar-refractivity contribution >= 4 is 75.6 Å². The molecule has 734 valence electrons. The zero-order valence-corrected chi connectivity index (χ0v) is 78.4. The van der Waals surface area contributed by atoms with Gasteiger partial charge in [0.2, 0.25) is 5.78 Å². The Balaban J connectivity index is 0.000000178. The predicted molar refractivity (Wildman–Crippen MR) is 487 cm³/mol. The number of nitrogens with two attached hydrogens (primary N) is 2. The van der Waals surface area contributed by atoms with Crippen molar-refractivity contribution in [2.75, 3.05) is 51.0 Å². The van der Waals surface area contributed by atoms with E-state index in [0.717, 1.165) is 12.6 Å². The number of methoxy groups -OCH3 is 1. The number of rotatable bonds is 22. The maximum Gasteiger partial charge on any atom is 0.408 e. The number of nitrogens with one attached hydrogen (secondary N) is 3. The van der Waals surface area contributed by atoms with Crippen LogP contribution in [0.5, 0.6) is 17.2 Å². The van der Waals surface area contributed by atoms with Crippen molar-refractivity contribution in [2.24, 2.45) is 22.5 Å². The number of nitrogens with zero attached hydrogens (tertiary/aromatic N) is 4. The molecule has 3 saturated heterocycles. The first-order valence-corrected chi connectivity index (χ1v) is 45.2. The first-order valence-electron chi connectivity index (χ1n) is 45.2. The number of aromatic hydroxyl groups is 2. The summed E-state index contributed by atoms with van der Waals surface area (Å²) in [4.78, 5) is 123. The van der Waals surface area contributed by atoms with Gasteiger partial charge >= 0.3 is 30.0 Å². The van der Waals surface area contributed by atoms with Crippen LogP contribution >= 0.6 is 0 Å². The molecule has 5 aliphatic carbocycles. The van der Waals surface area contributed by atoms with Crippen molar-refractivity contribution in [1.29, 1.82) is 0 Å². The summed E-state index contributed by atoms with van der Waals surface area (Å²) in [5, 5.41) is 141. The van der Waals surface area contributed by atoms with Gasteiger partial charge in [-0.15, -0.1) is 5.10 Å². The van der Waals surface area contributed by atoms with Crippen molar-refractivity contribution in [1.82, 2.24) is 30.3 Å². The fourth-order valence-corrected chi connectivity index (χ4v) is 20.2. The molecule has 18 N–H and O–H groups in total. The number of benzene rings is 5. The third kappa shape index (κ3) is 19.6. The summed E-state index contributed by atoms with van der Waals surface area (Å²) in [6, 6.07) is 27.9. The van der Waals surface area contributed by atoms with Gasteiger partial charge in [0.1, 0.15) is 83.4 Å². The van der Waals surface area contributed by atoms with Crippen LogP contribution in [0.3, 0.4) is 0 Å². The average Bonchev–Trinajstić information content (AvgIpc) is 0.780. The van der Waals surface area contributed by atoms with Gasteiger partial charge in [-0.1, -0.05) is 107 Å². The van der Waals surface area contributed by atoms with E-state index in [-0.39, 0.29) is 81.6 Å². The van der Waals surface area contributed by atoms with E-state index in [2.05, 4.69) is 65.7 Å². The van der Waals surface area contributed by atoms with E-state index in [0.29, 0.717) is 48.3 Å². The number of alkyl carbamates (subject to hydrolysis) is 1. The molecule has 2 saturated carbocycles. The van der Waals surface area contributed by atoms with Crippen LogP contribution in [0.2, 0.25) is 0 Å². The Kier molecular flexibility index (Phi) is 29.8. The summed E-state index contributed by atoms with van der Waals surface area (Å²) in [6.45, 7) is 24.5. The molecule has 5 fully saturated rings. The van der Waals surface area contributed by atoms with E-state index in [9.17, 15) is 99.3 Å². The molecule has 3 amide bonds. The predicted octanol–water partition coefficient (Wildman–Crippen LogP) is 6.11. The van der Waals surface area contributed by atoms with Crippen LogP contribution in [0.1, 0.15) is 212 Å². The standard InChI is InChI=1S/C43H53NO14.C28H41N7O4.C27H29NO11/c1-22-26(55-37(51)32(48)30(24-15-11-9-12-16-24)44-38(52)58-39(3,4)5)20-43(53)35(56-36(50)25-17-13-10-14-18-25)33-41(8,34(49)31(47)29(22)40(43,6)7)27(46)19-28-42(33,21-54-28)57-23(2)45;1-17(2)34(13-6-12-30-27(38)32-19-9-7-18(8-10-19)28(3,4)5)16-22-23(36)24(37)26(39-22)35-14-11-20-21(35)15-31-33-25(20)29;1-10-22(31)13(28)6-17(38-10)39-15-8-27(36,16(30)9-29)7-12-19(15)26(35)21-20(24(12)33)23(32)11-4-3-5-14(37-2)18(11)25(21)34/h9-18,26-28,30-33,35,46-48,53H,19-21H2,1-8H3,(H,44,52);7-11,14-15,17,22-24,26,36-37H,6,12-13,16H2,1-5H3,(H2,29,33)(H2,30,32,38);3-5,10,13,15,17,22,29,31,33,35-36H,6-9,28H2,1-2H3/t26-,27-,28+,30-,31+,32+,33-,35-,41+,42-,43+;22-,23-,24-,26-;10-,13-,15-,17-,22+,27-/m010/s1. The Morgan fingerprint density at radius 2 is 1.45 bits per heavy atom. The highest BCUT2D eigenvalue weighted by atomic mass is 16.7. The second-order valence-corrected chi connectivity index (χ2v) is 39.2.